The lowest BCUT2D eigenvalue weighted by molar-refractivity contribution is 0.251. The first-order chi connectivity index (χ1) is 5.24. The monoisotopic (exact) mass is 151 g/mol. The van der Waals surface area contributed by atoms with Gasteiger partial charge in [0, 0.05) is 5.70 Å². The van der Waals surface area contributed by atoms with Gasteiger partial charge in [0.15, 0.2) is 0 Å². The lowest BCUT2D eigenvalue weighted by atomic mass is 9.75. The van der Waals surface area contributed by atoms with Crippen LogP contribution < -0.4 is 5.73 Å². The summed E-state index contributed by atoms with van der Waals surface area (Å²) in [5.74, 6) is 1.66. The van der Waals surface area contributed by atoms with Crippen molar-refractivity contribution in [2.45, 2.75) is 26.7 Å². The van der Waals surface area contributed by atoms with Gasteiger partial charge in [-0.15, -0.1) is 0 Å². The van der Waals surface area contributed by atoms with E-state index in [-0.39, 0.29) is 0 Å². The van der Waals surface area contributed by atoms with E-state index in [1.165, 1.54) is 12.8 Å². The van der Waals surface area contributed by atoms with Crippen LogP contribution in [-0.4, -0.2) is 0 Å². The van der Waals surface area contributed by atoms with Crippen molar-refractivity contribution in [3.63, 3.8) is 0 Å². The zero-order valence-corrected chi connectivity index (χ0v) is 7.38. The van der Waals surface area contributed by atoms with Crippen LogP contribution >= 0.6 is 0 Å². The van der Waals surface area contributed by atoms with E-state index in [4.69, 9.17) is 5.73 Å². The summed E-state index contributed by atoms with van der Waals surface area (Å²) in [6.07, 6.45) is 8.92. The van der Waals surface area contributed by atoms with Crippen molar-refractivity contribution in [3.8, 4) is 0 Å². The molecule has 1 rings (SSSR count). The van der Waals surface area contributed by atoms with Crippen LogP contribution in [0.1, 0.15) is 26.7 Å². The summed E-state index contributed by atoms with van der Waals surface area (Å²) in [7, 11) is 0. The Kier molecular flexibility index (Phi) is 2.75. The van der Waals surface area contributed by atoms with Crippen molar-refractivity contribution in [2.75, 3.05) is 0 Å². The van der Waals surface area contributed by atoms with Gasteiger partial charge < -0.3 is 5.73 Å². The Morgan fingerprint density at radius 2 is 2.18 bits per heavy atom. The minimum Gasteiger partial charge on any atom is -0.399 e. The van der Waals surface area contributed by atoms with Crippen LogP contribution in [0.4, 0.5) is 0 Å². The van der Waals surface area contributed by atoms with E-state index in [0.29, 0.717) is 0 Å². The molecule has 0 amide bonds. The van der Waals surface area contributed by atoms with Crippen LogP contribution in [0.15, 0.2) is 23.9 Å². The smallest absolute Gasteiger partial charge is 0.0267 e. The Morgan fingerprint density at radius 1 is 1.45 bits per heavy atom. The highest BCUT2D eigenvalue weighted by atomic mass is 14.5. The van der Waals surface area contributed by atoms with E-state index >= 15 is 0 Å². The molecule has 0 aliphatic heterocycles. The van der Waals surface area contributed by atoms with E-state index in [1.54, 1.807) is 0 Å². The molecule has 1 heteroatoms. The molecular formula is C10H17N. The highest BCUT2D eigenvalue weighted by molar-refractivity contribution is 5.15. The van der Waals surface area contributed by atoms with Crippen LogP contribution in [0.25, 0.3) is 0 Å². The fourth-order valence-electron chi connectivity index (χ4n) is 1.31. The first kappa shape index (κ1) is 8.38. The van der Waals surface area contributed by atoms with E-state index < -0.39 is 0 Å². The molecule has 1 saturated carbocycles. The third-order valence-electron chi connectivity index (χ3n) is 2.56. The first-order valence-electron chi connectivity index (χ1n) is 4.34. The second kappa shape index (κ2) is 3.61. The third-order valence-corrected chi connectivity index (χ3v) is 2.56. The summed E-state index contributed by atoms with van der Waals surface area (Å²) in [4.78, 5) is 0. The Labute approximate surface area is 69.0 Å². The molecule has 0 radical (unpaired) electrons. The molecule has 1 aliphatic rings. The van der Waals surface area contributed by atoms with E-state index in [9.17, 15) is 0 Å². The Bertz CT molecular complexity index is 179. The summed E-state index contributed by atoms with van der Waals surface area (Å²) in [5, 5.41) is 0. The molecule has 0 spiro atoms. The molecule has 1 fully saturated rings. The van der Waals surface area contributed by atoms with Crippen LogP contribution in [-0.2, 0) is 0 Å². The van der Waals surface area contributed by atoms with E-state index in [1.807, 2.05) is 19.1 Å². The topological polar surface area (TPSA) is 26.0 Å². The van der Waals surface area contributed by atoms with Crippen molar-refractivity contribution in [2.24, 2.45) is 17.6 Å². The standard InChI is InChI=1S/C10H17N/c1-3-10(11)7-6-9-5-4-8(9)2/h3,6-9H,4-5,11H2,1-2H3/b7-6-,10-3+/t8?,9-/m1/s1. The van der Waals surface area contributed by atoms with Gasteiger partial charge in [0.25, 0.3) is 0 Å². The predicted molar refractivity (Wildman–Crippen MR) is 49.0 cm³/mol. The van der Waals surface area contributed by atoms with Gasteiger partial charge in [-0.2, -0.15) is 0 Å². The Morgan fingerprint density at radius 3 is 2.55 bits per heavy atom. The van der Waals surface area contributed by atoms with Crippen molar-refractivity contribution in [1.82, 2.24) is 0 Å². The molecule has 0 aromatic heterocycles. The van der Waals surface area contributed by atoms with Gasteiger partial charge in [-0.25, -0.2) is 0 Å². The molecule has 1 aliphatic carbocycles. The quantitative estimate of drug-likeness (QED) is 0.603. The number of hydrogen-bond acceptors (Lipinski definition) is 1. The van der Waals surface area contributed by atoms with Gasteiger partial charge >= 0.3 is 0 Å². The minimum absolute atomic E-state index is 0.786. The first-order valence-corrected chi connectivity index (χ1v) is 4.34. The number of hydrogen-bond donors (Lipinski definition) is 1. The second-order valence-corrected chi connectivity index (χ2v) is 3.37. The average Bonchev–Trinajstić information content (AvgIpc) is 2.01. The average molecular weight is 151 g/mol. The molecule has 0 aromatic carbocycles. The SMILES string of the molecule is C/C=C(N)\C=C/[C@H]1CCC1C. The fraction of sp³-hybridized carbons (Fsp3) is 0.600. The number of allylic oxidation sites excluding steroid dienone is 3. The highest BCUT2D eigenvalue weighted by Gasteiger charge is 2.23. The molecule has 0 aromatic rings. The van der Waals surface area contributed by atoms with Crippen LogP contribution in [0.3, 0.4) is 0 Å². The third kappa shape index (κ3) is 2.11. The second-order valence-electron chi connectivity index (χ2n) is 3.37. The van der Waals surface area contributed by atoms with Crippen LogP contribution in [0.5, 0.6) is 0 Å². The number of rotatable bonds is 2. The summed E-state index contributed by atoms with van der Waals surface area (Å²) in [6.45, 7) is 4.26. The maximum absolute atomic E-state index is 5.62. The molecule has 2 N–H and O–H groups in total. The Hall–Kier alpha value is -0.720. The van der Waals surface area contributed by atoms with Crippen molar-refractivity contribution < 1.29 is 0 Å². The molecule has 1 unspecified atom stereocenters. The molecule has 11 heavy (non-hydrogen) atoms. The summed E-state index contributed by atoms with van der Waals surface area (Å²) in [5.41, 5.74) is 6.50. The van der Waals surface area contributed by atoms with Gasteiger partial charge in [-0.3, -0.25) is 0 Å². The molecule has 1 nitrogen and oxygen atoms in total. The largest absolute Gasteiger partial charge is 0.399 e. The van der Waals surface area contributed by atoms with Gasteiger partial charge in [-0.05, 0) is 37.7 Å². The number of nitrogens with two attached hydrogens (primary N) is 1. The van der Waals surface area contributed by atoms with Crippen molar-refractivity contribution >= 4 is 0 Å². The molecule has 0 bridgehead atoms. The lowest BCUT2D eigenvalue weighted by Gasteiger charge is -2.31. The fourth-order valence-corrected chi connectivity index (χ4v) is 1.31. The zero-order chi connectivity index (χ0) is 8.27. The lowest BCUT2D eigenvalue weighted by Crippen LogP contribution is -2.20. The van der Waals surface area contributed by atoms with Crippen LogP contribution in [0.2, 0.25) is 0 Å². The maximum atomic E-state index is 5.62. The normalized spacial score (nSPS) is 32.4. The van der Waals surface area contributed by atoms with Gasteiger partial charge in [0.05, 0.1) is 0 Å². The molecular weight excluding hydrogens is 134 g/mol. The summed E-state index contributed by atoms with van der Waals surface area (Å²) < 4.78 is 0. The summed E-state index contributed by atoms with van der Waals surface area (Å²) >= 11 is 0. The highest BCUT2D eigenvalue weighted by Crippen LogP contribution is 2.34. The minimum atomic E-state index is 0.786. The zero-order valence-electron chi connectivity index (χ0n) is 7.38. The summed E-state index contributed by atoms with van der Waals surface area (Å²) in [6, 6.07) is 0. The van der Waals surface area contributed by atoms with E-state index in [2.05, 4.69) is 13.0 Å². The molecule has 0 heterocycles. The van der Waals surface area contributed by atoms with Crippen molar-refractivity contribution in [3.05, 3.63) is 23.9 Å². The van der Waals surface area contributed by atoms with Gasteiger partial charge in [-0.1, -0.05) is 19.1 Å². The van der Waals surface area contributed by atoms with E-state index in [0.717, 1.165) is 17.5 Å². The van der Waals surface area contributed by atoms with Crippen LogP contribution in [0, 0.1) is 11.8 Å². The predicted octanol–water partition coefficient (Wildman–Crippen LogP) is 2.45. The Balaban J connectivity index is 2.35. The van der Waals surface area contributed by atoms with Gasteiger partial charge in [0.1, 0.15) is 0 Å². The molecule has 2 atom stereocenters. The van der Waals surface area contributed by atoms with Gasteiger partial charge in [0.2, 0.25) is 0 Å². The maximum Gasteiger partial charge on any atom is 0.0267 e. The molecule has 62 valence electrons. The van der Waals surface area contributed by atoms with Crippen molar-refractivity contribution in [1.29, 1.82) is 0 Å². The molecule has 0 saturated heterocycles.